The molecule has 216 valence electrons. The number of benzene rings is 2. The van der Waals surface area contributed by atoms with Gasteiger partial charge in [0.15, 0.2) is 0 Å². The van der Waals surface area contributed by atoms with Crippen LogP contribution in [0.4, 0.5) is 24.8 Å². The van der Waals surface area contributed by atoms with Crippen molar-refractivity contribution in [2.75, 3.05) is 45.6 Å². The topological polar surface area (TPSA) is 62.1 Å². The van der Waals surface area contributed by atoms with Crippen LogP contribution < -0.4 is 5.32 Å². The summed E-state index contributed by atoms with van der Waals surface area (Å²) in [7, 11) is 4.16. The Morgan fingerprint density at radius 1 is 0.951 bits per heavy atom. The van der Waals surface area contributed by atoms with Crippen LogP contribution in [0.15, 0.2) is 61.1 Å². The van der Waals surface area contributed by atoms with Crippen LogP contribution in [0, 0.1) is 13.8 Å². The molecule has 0 aliphatic carbocycles. The Labute approximate surface area is 239 Å². The summed E-state index contributed by atoms with van der Waals surface area (Å²) in [6.07, 6.45) is 0.999. The molecule has 1 saturated heterocycles. The fourth-order valence-corrected chi connectivity index (χ4v) is 5.41. The van der Waals surface area contributed by atoms with Gasteiger partial charge in [-0.05, 0) is 82.2 Å². The van der Waals surface area contributed by atoms with Crippen LogP contribution >= 0.6 is 0 Å². The molecule has 3 heterocycles. The SMILES string of the molecule is Cc1cc(C)cc(Nc2nccc(-c3c(-c4ccc(C(F)(F)F)cc4)ncn3C3CCN(CCN(C)C)CC3)n2)c1. The molecule has 0 amide bonds. The van der Waals surface area contributed by atoms with E-state index < -0.39 is 11.7 Å². The fourth-order valence-electron chi connectivity index (χ4n) is 5.41. The number of imidazole rings is 1. The van der Waals surface area contributed by atoms with Gasteiger partial charge in [0, 0.05) is 49.7 Å². The number of nitrogens with one attached hydrogen (secondary N) is 1. The van der Waals surface area contributed by atoms with E-state index in [1.165, 1.54) is 12.1 Å². The predicted octanol–water partition coefficient (Wildman–Crippen LogP) is 6.58. The van der Waals surface area contributed by atoms with Gasteiger partial charge in [-0.2, -0.15) is 13.2 Å². The van der Waals surface area contributed by atoms with Gasteiger partial charge in [-0.1, -0.05) is 18.2 Å². The van der Waals surface area contributed by atoms with Gasteiger partial charge in [0.2, 0.25) is 5.95 Å². The monoisotopic (exact) mass is 563 g/mol. The number of aryl methyl sites for hydroxylation is 2. The Morgan fingerprint density at radius 3 is 2.27 bits per heavy atom. The molecule has 1 aliphatic heterocycles. The minimum atomic E-state index is -4.40. The second kappa shape index (κ2) is 12.0. The molecule has 0 spiro atoms. The number of hydrogen-bond acceptors (Lipinski definition) is 6. The summed E-state index contributed by atoms with van der Waals surface area (Å²) in [5.41, 5.74) is 5.11. The van der Waals surface area contributed by atoms with Crippen LogP contribution in [0.5, 0.6) is 0 Å². The number of aromatic nitrogens is 4. The van der Waals surface area contributed by atoms with Crippen molar-refractivity contribution in [1.29, 1.82) is 0 Å². The van der Waals surface area contributed by atoms with E-state index in [2.05, 4.69) is 44.8 Å². The van der Waals surface area contributed by atoms with E-state index in [0.717, 1.165) is 73.7 Å². The standard InChI is InChI=1S/C31H36F3N7/c1-21-17-22(2)19-25(18-21)37-30-35-12-9-27(38-30)29-28(23-5-7-24(8-6-23)31(32,33)34)36-20-41(29)26-10-13-40(14-11-26)16-15-39(3)4/h5-9,12,17-20,26H,10-11,13-16H2,1-4H3,(H,35,37,38). The Balaban J connectivity index is 1.49. The summed E-state index contributed by atoms with van der Waals surface area (Å²) in [5.74, 6) is 0.442. The number of anilines is 2. The lowest BCUT2D eigenvalue weighted by atomic mass is 10.0. The number of rotatable bonds is 8. The van der Waals surface area contributed by atoms with Crippen LogP contribution in [0.1, 0.15) is 35.6 Å². The molecule has 1 N–H and O–H groups in total. The fraction of sp³-hybridized carbons (Fsp3) is 0.387. The van der Waals surface area contributed by atoms with Crippen molar-refractivity contribution in [1.82, 2.24) is 29.3 Å². The third kappa shape index (κ3) is 6.94. The maximum absolute atomic E-state index is 13.3. The first kappa shape index (κ1) is 28.8. The Hall–Kier alpha value is -3.76. The van der Waals surface area contributed by atoms with Gasteiger partial charge in [0.25, 0.3) is 0 Å². The number of hydrogen-bond donors (Lipinski definition) is 1. The third-order valence-corrected chi connectivity index (χ3v) is 7.47. The van der Waals surface area contributed by atoms with Gasteiger partial charge < -0.3 is 19.7 Å². The van der Waals surface area contributed by atoms with Crippen LogP contribution in [0.3, 0.4) is 0 Å². The lowest BCUT2D eigenvalue weighted by Crippen LogP contribution is -2.38. The Kier molecular flexibility index (Phi) is 8.42. The molecule has 41 heavy (non-hydrogen) atoms. The average molecular weight is 564 g/mol. The van der Waals surface area contributed by atoms with Crippen LogP contribution in [-0.4, -0.2) is 69.6 Å². The zero-order valence-corrected chi connectivity index (χ0v) is 23.9. The lowest BCUT2D eigenvalue weighted by molar-refractivity contribution is -0.137. The molecule has 0 atom stereocenters. The van der Waals surface area contributed by atoms with Gasteiger partial charge >= 0.3 is 6.18 Å². The largest absolute Gasteiger partial charge is 0.416 e. The molecule has 2 aromatic carbocycles. The summed E-state index contributed by atoms with van der Waals surface area (Å²) in [6.45, 7) is 8.04. The van der Waals surface area contributed by atoms with Crippen molar-refractivity contribution < 1.29 is 13.2 Å². The summed E-state index contributed by atoms with van der Waals surface area (Å²) < 4.78 is 42.0. The zero-order chi connectivity index (χ0) is 29.1. The van der Waals surface area contributed by atoms with Gasteiger partial charge in [0.1, 0.15) is 0 Å². The van der Waals surface area contributed by atoms with Crippen LogP contribution in [-0.2, 0) is 6.18 Å². The average Bonchev–Trinajstić information content (AvgIpc) is 3.37. The number of likely N-dealkylation sites (tertiary alicyclic amines) is 1. The third-order valence-electron chi connectivity index (χ3n) is 7.47. The lowest BCUT2D eigenvalue weighted by Gasteiger charge is -2.33. The first-order chi connectivity index (χ1) is 19.6. The quantitative estimate of drug-likeness (QED) is 0.261. The van der Waals surface area contributed by atoms with Crippen molar-refractivity contribution in [2.24, 2.45) is 0 Å². The molecule has 4 aromatic rings. The van der Waals surface area contributed by atoms with Crippen molar-refractivity contribution >= 4 is 11.6 Å². The minimum Gasteiger partial charge on any atom is -0.326 e. The van der Waals surface area contributed by atoms with Crippen molar-refractivity contribution in [2.45, 2.75) is 38.9 Å². The molecule has 1 aliphatic rings. The van der Waals surface area contributed by atoms with E-state index in [1.54, 1.807) is 6.20 Å². The molecule has 5 rings (SSSR count). The van der Waals surface area contributed by atoms with Gasteiger partial charge in [-0.3, -0.25) is 0 Å². The van der Waals surface area contributed by atoms with Gasteiger partial charge in [-0.15, -0.1) is 0 Å². The zero-order valence-electron chi connectivity index (χ0n) is 23.9. The second-order valence-electron chi connectivity index (χ2n) is 11.1. The van der Waals surface area contributed by atoms with Crippen LogP contribution in [0.2, 0.25) is 0 Å². The molecule has 7 nitrogen and oxygen atoms in total. The van der Waals surface area contributed by atoms with Crippen molar-refractivity contribution in [3.8, 4) is 22.6 Å². The van der Waals surface area contributed by atoms with Crippen LogP contribution in [0.25, 0.3) is 22.6 Å². The second-order valence-corrected chi connectivity index (χ2v) is 11.1. The highest BCUT2D eigenvalue weighted by atomic mass is 19.4. The van der Waals surface area contributed by atoms with Gasteiger partial charge in [-0.25, -0.2) is 15.0 Å². The molecular weight excluding hydrogens is 527 g/mol. The predicted molar refractivity (Wildman–Crippen MR) is 156 cm³/mol. The molecule has 0 bridgehead atoms. The normalized spacial score (nSPS) is 15.0. The van der Waals surface area contributed by atoms with E-state index in [1.807, 2.05) is 38.4 Å². The summed E-state index contributed by atoms with van der Waals surface area (Å²) in [6, 6.07) is 13.4. The van der Waals surface area contributed by atoms with Gasteiger partial charge in [0.05, 0.1) is 29.0 Å². The Bertz CT molecular complexity index is 1450. The van der Waals surface area contributed by atoms with E-state index in [9.17, 15) is 13.2 Å². The maximum atomic E-state index is 13.3. The first-order valence-electron chi connectivity index (χ1n) is 13.9. The molecule has 0 saturated carbocycles. The number of likely N-dealkylation sites (N-methyl/N-ethyl adjacent to an activating group) is 1. The number of halogens is 3. The minimum absolute atomic E-state index is 0.196. The summed E-state index contributed by atoms with van der Waals surface area (Å²) >= 11 is 0. The first-order valence-corrected chi connectivity index (χ1v) is 13.9. The van der Waals surface area contributed by atoms with E-state index in [4.69, 9.17) is 9.97 Å². The molecule has 2 aromatic heterocycles. The smallest absolute Gasteiger partial charge is 0.326 e. The van der Waals surface area contributed by atoms with Crippen molar-refractivity contribution in [3.63, 3.8) is 0 Å². The Morgan fingerprint density at radius 2 is 1.63 bits per heavy atom. The maximum Gasteiger partial charge on any atom is 0.416 e. The molecule has 0 radical (unpaired) electrons. The highest BCUT2D eigenvalue weighted by Gasteiger charge is 2.31. The highest BCUT2D eigenvalue weighted by molar-refractivity contribution is 5.77. The van der Waals surface area contributed by atoms with E-state index >= 15 is 0 Å². The van der Waals surface area contributed by atoms with Crippen molar-refractivity contribution in [3.05, 3.63) is 77.7 Å². The molecular formula is C31H36F3N7. The molecule has 0 unspecified atom stereocenters. The van der Waals surface area contributed by atoms with E-state index in [-0.39, 0.29) is 6.04 Å². The number of nitrogens with zero attached hydrogens (tertiary/aromatic N) is 6. The van der Waals surface area contributed by atoms with E-state index in [0.29, 0.717) is 22.9 Å². The highest BCUT2D eigenvalue weighted by Crippen LogP contribution is 2.37. The number of piperidine rings is 1. The molecule has 1 fully saturated rings. The number of alkyl halides is 3. The summed E-state index contributed by atoms with van der Waals surface area (Å²) in [5, 5.41) is 3.31. The summed E-state index contributed by atoms with van der Waals surface area (Å²) in [4.78, 5) is 18.7. The molecule has 10 heteroatoms.